The highest BCUT2D eigenvalue weighted by Gasteiger charge is 2.02. The van der Waals surface area contributed by atoms with Crippen LogP contribution in [0.25, 0.3) is 0 Å². The second-order valence-electron chi connectivity index (χ2n) is 3.39. The summed E-state index contributed by atoms with van der Waals surface area (Å²) in [6.07, 6.45) is 3.44. The van der Waals surface area contributed by atoms with Crippen LogP contribution in [0.2, 0.25) is 0 Å². The van der Waals surface area contributed by atoms with Gasteiger partial charge in [0.2, 0.25) is 11.6 Å². The molecule has 0 atom stereocenters. The molecule has 0 saturated carbocycles. The van der Waals surface area contributed by atoms with Crippen LogP contribution in [0.5, 0.6) is 0 Å². The van der Waals surface area contributed by atoms with E-state index in [2.05, 4.69) is 9.97 Å². The van der Waals surface area contributed by atoms with Gasteiger partial charge in [-0.25, -0.2) is 0 Å². The highest BCUT2D eigenvalue weighted by Crippen LogP contribution is 1.92. The minimum atomic E-state index is -0.583. The van der Waals surface area contributed by atoms with E-state index in [9.17, 15) is 19.2 Å². The molecule has 6 heteroatoms. The zero-order valence-electron chi connectivity index (χ0n) is 10.3. The normalized spacial score (nSPS) is 8.80. The fourth-order valence-corrected chi connectivity index (χ4v) is 1.14. The number of pyridine rings is 2. The van der Waals surface area contributed by atoms with Gasteiger partial charge in [0, 0.05) is 12.4 Å². The molecule has 2 aromatic heterocycles. The average molecular weight is 270 g/mol. The Bertz CT molecular complexity index is 542. The lowest BCUT2D eigenvalue weighted by molar-refractivity contribution is -0.105. The van der Waals surface area contributed by atoms with Crippen molar-refractivity contribution in [1.82, 2.24) is 9.97 Å². The topological polar surface area (TPSA) is 94.1 Å². The van der Waals surface area contributed by atoms with E-state index in [1.54, 1.807) is 24.3 Å². The Kier molecular flexibility index (Phi) is 6.13. The molecule has 100 valence electrons. The third-order valence-corrected chi connectivity index (χ3v) is 2.05. The zero-order valence-corrected chi connectivity index (χ0v) is 10.3. The maximum Gasteiger partial charge on any atom is 0.243 e. The van der Waals surface area contributed by atoms with Gasteiger partial charge in [0.25, 0.3) is 0 Å². The first-order valence-corrected chi connectivity index (χ1v) is 5.50. The van der Waals surface area contributed by atoms with E-state index < -0.39 is 11.6 Å². The lowest BCUT2D eigenvalue weighted by atomic mass is 10.3. The summed E-state index contributed by atoms with van der Waals surface area (Å²) in [5.41, 5.74) is 0.384. The van der Waals surface area contributed by atoms with Crippen molar-refractivity contribution in [2.75, 3.05) is 0 Å². The number of ketones is 2. The van der Waals surface area contributed by atoms with Crippen LogP contribution in [0.4, 0.5) is 0 Å². The molecular weight excluding hydrogens is 260 g/mol. The number of carbonyl (C=O) groups excluding carboxylic acids is 4. The number of hydrogen-bond donors (Lipinski definition) is 0. The molecule has 0 N–H and O–H groups in total. The Morgan fingerprint density at radius 2 is 1.15 bits per heavy atom. The fraction of sp³-hybridized carbons (Fsp3) is 0. The summed E-state index contributed by atoms with van der Waals surface area (Å²) < 4.78 is 0. The maximum atomic E-state index is 10.6. The van der Waals surface area contributed by atoms with Crippen LogP contribution in [-0.4, -0.2) is 34.1 Å². The highest BCUT2D eigenvalue weighted by atomic mass is 16.2. The fourth-order valence-electron chi connectivity index (χ4n) is 1.14. The van der Waals surface area contributed by atoms with Gasteiger partial charge in [0.05, 0.1) is 0 Å². The molecule has 0 amide bonds. The van der Waals surface area contributed by atoms with Gasteiger partial charge < -0.3 is 0 Å². The summed E-state index contributed by atoms with van der Waals surface area (Å²) in [6.45, 7) is 0. The van der Waals surface area contributed by atoms with Gasteiger partial charge in [-0.05, 0) is 24.3 Å². The van der Waals surface area contributed by atoms with Gasteiger partial charge in [-0.1, -0.05) is 12.1 Å². The third-order valence-electron chi connectivity index (χ3n) is 2.05. The Labute approximate surface area is 114 Å². The molecule has 2 rings (SSSR count). The summed E-state index contributed by atoms with van der Waals surface area (Å²) >= 11 is 0. The summed E-state index contributed by atoms with van der Waals surface area (Å²) in [6, 6.07) is 9.67. The van der Waals surface area contributed by atoms with Crippen molar-refractivity contribution < 1.29 is 19.2 Å². The molecule has 0 unspecified atom stereocenters. The van der Waals surface area contributed by atoms with Crippen molar-refractivity contribution >= 4 is 24.1 Å². The van der Waals surface area contributed by atoms with Gasteiger partial charge in [-0.15, -0.1) is 0 Å². The van der Waals surface area contributed by atoms with E-state index >= 15 is 0 Å². The molecular formula is C14H10N2O4. The molecule has 0 aliphatic heterocycles. The standard InChI is InChI=1S/2C7H5NO2/c2*9-5-7(10)6-3-1-2-4-8-6/h2*1-5H. The number of Topliss-reactive ketones (excluding diaryl/α,β-unsaturated/α-hetero) is 2. The molecule has 0 radical (unpaired) electrons. The molecule has 0 bridgehead atoms. The van der Waals surface area contributed by atoms with E-state index in [1.165, 1.54) is 24.5 Å². The zero-order chi connectivity index (χ0) is 14.8. The quantitative estimate of drug-likeness (QED) is 0.466. The average Bonchev–Trinajstić information content (AvgIpc) is 2.55. The molecule has 0 fully saturated rings. The smallest absolute Gasteiger partial charge is 0.243 e. The van der Waals surface area contributed by atoms with E-state index in [0.29, 0.717) is 0 Å². The summed E-state index contributed by atoms with van der Waals surface area (Å²) in [5, 5.41) is 0. The molecule has 0 aliphatic carbocycles. The Balaban J connectivity index is 0.000000200. The largest absolute Gasteiger partial charge is 0.294 e. The SMILES string of the molecule is O=CC(=O)c1ccccn1.O=CC(=O)c1ccccn1. The number of hydrogen-bond acceptors (Lipinski definition) is 6. The van der Waals surface area contributed by atoms with Crippen LogP contribution in [0.3, 0.4) is 0 Å². The van der Waals surface area contributed by atoms with Crippen LogP contribution in [-0.2, 0) is 9.59 Å². The first-order chi connectivity index (χ1) is 9.69. The predicted octanol–water partition coefficient (Wildman–Crippen LogP) is 0.926. The van der Waals surface area contributed by atoms with Gasteiger partial charge >= 0.3 is 0 Å². The number of carbonyl (C=O) groups is 4. The second kappa shape index (κ2) is 8.15. The number of nitrogens with zero attached hydrogens (tertiary/aromatic N) is 2. The third kappa shape index (κ3) is 4.69. The minimum Gasteiger partial charge on any atom is -0.294 e. The Hall–Kier alpha value is -3.02. The lowest BCUT2D eigenvalue weighted by Crippen LogP contribution is -2.01. The highest BCUT2D eigenvalue weighted by molar-refractivity contribution is 6.32. The summed E-state index contributed by atoms with van der Waals surface area (Å²) in [7, 11) is 0. The van der Waals surface area contributed by atoms with Crippen molar-refractivity contribution in [3.05, 3.63) is 60.2 Å². The van der Waals surface area contributed by atoms with E-state index in [4.69, 9.17) is 0 Å². The van der Waals surface area contributed by atoms with Gasteiger partial charge in [-0.2, -0.15) is 0 Å². The number of rotatable bonds is 4. The second-order valence-corrected chi connectivity index (χ2v) is 3.39. The molecule has 0 aliphatic rings. The van der Waals surface area contributed by atoms with Gasteiger partial charge in [0.15, 0.2) is 12.6 Å². The monoisotopic (exact) mass is 270 g/mol. The lowest BCUT2D eigenvalue weighted by Gasteiger charge is -1.87. The Morgan fingerprint density at radius 1 is 0.750 bits per heavy atom. The van der Waals surface area contributed by atoms with Crippen LogP contribution >= 0.6 is 0 Å². The molecule has 0 saturated heterocycles. The van der Waals surface area contributed by atoms with E-state index in [0.717, 1.165) is 0 Å². The van der Waals surface area contributed by atoms with Crippen molar-refractivity contribution in [1.29, 1.82) is 0 Å². The Morgan fingerprint density at radius 3 is 1.40 bits per heavy atom. The van der Waals surface area contributed by atoms with Crippen LogP contribution in [0.15, 0.2) is 48.8 Å². The van der Waals surface area contributed by atoms with Gasteiger partial charge in [0.1, 0.15) is 11.4 Å². The van der Waals surface area contributed by atoms with E-state index in [-0.39, 0.29) is 24.0 Å². The number of aromatic nitrogens is 2. The summed E-state index contributed by atoms with van der Waals surface area (Å²) in [4.78, 5) is 48.3. The molecule has 0 spiro atoms. The van der Waals surface area contributed by atoms with Crippen molar-refractivity contribution in [2.24, 2.45) is 0 Å². The summed E-state index contributed by atoms with van der Waals surface area (Å²) in [5.74, 6) is -1.17. The first-order valence-electron chi connectivity index (χ1n) is 5.50. The molecule has 0 aromatic carbocycles. The molecule has 20 heavy (non-hydrogen) atoms. The number of aldehydes is 2. The van der Waals surface area contributed by atoms with Crippen molar-refractivity contribution in [3.63, 3.8) is 0 Å². The van der Waals surface area contributed by atoms with Gasteiger partial charge in [-0.3, -0.25) is 29.1 Å². The molecule has 2 heterocycles. The van der Waals surface area contributed by atoms with Crippen LogP contribution in [0, 0.1) is 0 Å². The van der Waals surface area contributed by atoms with Crippen LogP contribution in [0.1, 0.15) is 21.0 Å². The molecule has 6 nitrogen and oxygen atoms in total. The minimum absolute atomic E-state index is 0.192. The maximum absolute atomic E-state index is 10.6. The van der Waals surface area contributed by atoms with Crippen molar-refractivity contribution in [2.45, 2.75) is 0 Å². The van der Waals surface area contributed by atoms with Crippen LogP contribution < -0.4 is 0 Å². The molecule has 2 aromatic rings. The van der Waals surface area contributed by atoms with E-state index in [1.807, 2.05) is 0 Å². The predicted molar refractivity (Wildman–Crippen MR) is 69.3 cm³/mol. The van der Waals surface area contributed by atoms with Crippen molar-refractivity contribution in [3.8, 4) is 0 Å². The first kappa shape index (κ1) is 15.0.